The van der Waals surface area contributed by atoms with E-state index in [9.17, 15) is 0 Å². The van der Waals surface area contributed by atoms with Crippen molar-refractivity contribution in [3.63, 3.8) is 0 Å². The van der Waals surface area contributed by atoms with Gasteiger partial charge in [-0.2, -0.15) is 0 Å². The van der Waals surface area contributed by atoms with Crippen LogP contribution in [0, 0.1) is 6.85 Å². The van der Waals surface area contributed by atoms with Gasteiger partial charge in [-0.25, -0.2) is 0 Å². The molecule has 0 radical (unpaired) electrons. The first-order valence-corrected chi connectivity index (χ1v) is 8.03. The van der Waals surface area contributed by atoms with Crippen molar-refractivity contribution >= 4 is 10.8 Å². The fourth-order valence-corrected chi connectivity index (χ4v) is 2.96. The number of fused-ring (bicyclic) bond motifs is 1. The molecule has 24 heavy (non-hydrogen) atoms. The highest BCUT2D eigenvalue weighted by Crippen LogP contribution is 2.25. The first kappa shape index (κ1) is 11.6. The maximum Gasteiger partial charge on any atom is 0.0708 e. The minimum atomic E-state index is -2.14. The highest BCUT2D eigenvalue weighted by molar-refractivity contribution is 5.85. The van der Waals surface area contributed by atoms with Crippen molar-refractivity contribution in [3.8, 4) is 11.3 Å². The summed E-state index contributed by atoms with van der Waals surface area (Å²) in [5.41, 5.74) is 4.08. The van der Waals surface area contributed by atoms with Gasteiger partial charge in [0.05, 0.1) is 5.69 Å². The van der Waals surface area contributed by atoms with Gasteiger partial charge in [0.2, 0.25) is 0 Å². The number of rotatable bonds is 3. The fourth-order valence-electron chi connectivity index (χ4n) is 2.96. The van der Waals surface area contributed by atoms with Gasteiger partial charge in [-0.05, 0) is 47.5 Å². The van der Waals surface area contributed by atoms with Gasteiger partial charge in [-0.15, -0.1) is 0 Å². The molecule has 0 saturated heterocycles. The predicted molar refractivity (Wildman–Crippen MR) is 101 cm³/mol. The molecule has 1 heteroatoms. The Morgan fingerprint density at radius 1 is 0.833 bits per heavy atom. The number of hydrogen-bond acceptors (Lipinski definition) is 1. The van der Waals surface area contributed by atoms with Crippen LogP contribution in [0.15, 0.2) is 85.1 Å². The molecule has 0 bridgehead atoms. The Labute approximate surface area is 146 Å². The average Bonchev–Trinajstić information content (AvgIpc) is 2.67. The zero-order valence-electron chi connectivity index (χ0n) is 16.2. The molecule has 0 aliphatic heterocycles. The van der Waals surface area contributed by atoms with Crippen molar-refractivity contribution in [1.82, 2.24) is 4.98 Å². The number of benzene rings is 3. The number of pyridine rings is 1. The zero-order chi connectivity index (χ0) is 18.9. The molecule has 1 heterocycles. The molecule has 0 fully saturated rings. The summed E-state index contributed by atoms with van der Waals surface area (Å²) in [4.78, 5) is 4.58. The lowest BCUT2D eigenvalue weighted by atomic mass is 9.97. The molecule has 3 aromatic carbocycles. The summed E-state index contributed by atoms with van der Waals surface area (Å²) in [7, 11) is 0. The van der Waals surface area contributed by atoms with Crippen LogP contribution in [0.25, 0.3) is 22.0 Å². The minimum absolute atomic E-state index is 0.399. The molecule has 0 unspecified atom stereocenters. The lowest BCUT2D eigenvalue weighted by Gasteiger charge is -2.10. The van der Waals surface area contributed by atoms with E-state index in [1.165, 1.54) is 0 Å². The summed E-state index contributed by atoms with van der Waals surface area (Å²) in [5, 5.41) is 2.21. The highest BCUT2D eigenvalue weighted by Gasteiger charge is 2.06. The molecule has 0 N–H and O–H groups in total. The van der Waals surface area contributed by atoms with E-state index in [1.54, 1.807) is 6.07 Å². The molecule has 4 aromatic rings. The van der Waals surface area contributed by atoms with Crippen LogP contribution in [0.3, 0.4) is 0 Å². The van der Waals surface area contributed by atoms with Gasteiger partial charge in [-0.1, -0.05) is 66.7 Å². The Morgan fingerprint density at radius 2 is 1.62 bits per heavy atom. The number of aryl methyl sites for hydroxylation is 1. The largest absolute Gasteiger partial charge is 0.256 e. The fraction of sp³-hybridized carbons (Fsp3) is 0.0870. The van der Waals surface area contributed by atoms with Crippen molar-refractivity contribution in [2.45, 2.75) is 13.3 Å². The summed E-state index contributed by atoms with van der Waals surface area (Å²) in [5.74, 6) is 0. The van der Waals surface area contributed by atoms with Crippen LogP contribution < -0.4 is 0 Å². The van der Waals surface area contributed by atoms with Gasteiger partial charge in [0.15, 0.2) is 0 Å². The lowest BCUT2D eigenvalue weighted by Crippen LogP contribution is -1.93. The molecular formula is C23H19N. The molecular weight excluding hydrogens is 290 g/mol. The van der Waals surface area contributed by atoms with E-state index in [0.29, 0.717) is 12.0 Å². The van der Waals surface area contributed by atoms with E-state index in [4.69, 9.17) is 4.11 Å². The monoisotopic (exact) mass is 312 g/mol. The first-order chi connectivity index (χ1) is 13.0. The third-order valence-corrected chi connectivity index (χ3v) is 4.27. The van der Waals surface area contributed by atoms with Crippen molar-refractivity contribution in [2.75, 3.05) is 0 Å². The molecule has 116 valence electrons. The maximum absolute atomic E-state index is 7.88. The van der Waals surface area contributed by atoms with Crippen LogP contribution >= 0.6 is 0 Å². The predicted octanol–water partition coefficient (Wildman–Crippen LogP) is 5.80. The Hall–Kier alpha value is -2.93. The molecule has 0 aliphatic rings. The molecule has 4 rings (SSSR count). The van der Waals surface area contributed by atoms with Crippen molar-refractivity contribution in [3.05, 3.63) is 102 Å². The van der Waals surface area contributed by atoms with E-state index in [1.807, 2.05) is 72.9 Å². The number of nitrogens with zero attached hydrogens (tertiary/aromatic N) is 1. The van der Waals surface area contributed by atoms with E-state index in [2.05, 4.69) is 11.1 Å². The summed E-state index contributed by atoms with van der Waals surface area (Å²) in [6.45, 7) is -2.14. The molecule has 0 saturated carbocycles. The van der Waals surface area contributed by atoms with Crippen molar-refractivity contribution in [2.24, 2.45) is 0 Å². The first-order valence-electron chi connectivity index (χ1n) is 9.53. The van der Waals surface area contributed by atoms with E-state index >= 15 is 0 Å². The Kier molecular flexibility index (Phi) is 3.03. The third kappa shape index (κ3) is 2.93. The van der Waals surface area contributed by atoms with Crippen LogP contribution in [-0.2, 0) is 6.42 Å². The van der Waals surface area contributed by atoms with Crippen LogP contribution in [0.5, 0.6) is 0 Å². The molecule has 1 nitrogen and oxygen atoms in total. The average molecular weight is 312 g/mol. The van der Waals surface area contributed by atoms with E-state index in [0.717, 1.165) is 33.2 Å². The van der Waals surface area contributed by atoms with Crippen LogP contribution in [0.4, 0.5) is 0 Å². The molecule has 0 atom stereocenters. The molecule has 0 aliphatic carbocycles. The summed E-state index contributed by atoms with van der Waals surface area (Å²) >= 11 is 0. The highest BCUT2D eigenvalue weighted by atomic mass is 14.7. The summed E-state index contributed by atoms with van der Waals surface area (Å²) < 4.78 is 23.6. The second-order valence-electron chi connectivity index (χ2n) is 5.95. The summed E-state index contributed by atoms with van der Waals surface area (Å²) in [6, 6.07) is 25.6. The van der Waals surface area contributed by atoms with Gasteiger partial charge in [0.1, 0.15) is 0 Å². The smallest absolute Gasteiger partial charge is 0.0708 e. The second kappa shape index (κ2) is 6.29. The second-order valence-corrected chi connectivity index (χ2v) is 5.95. The van der Waals surface area contributed by atoms with Gasteiger partial charge in [0.25, 0.3) is 0 Å². The summed E-state index contributed by atoms with van der Waals surface area (Å²) in [6.07, 6.45) is 2.44. The number of hydrogen-bond donors (Lipinski definition) is 0. The minimum Gasteiger partial charge on any atom is -0.256 e. The van der Waals surface area contributed by atoms with Crippen LogP contribution in [0.2, 0.25) is 0 Å². The van der Waals surface area contributed by atoms with Gasteiger partial charge >= 0.3 is 0 Å². The van der Waals surface area contributed by atoms with Crippen molar-refractivity contribution in [1.29, 1.82) is 0 Å². The quantitative estimate of drug-likeness (QED) is 0.466. The van der Waals surface area contributed by atoms with E-state index in [-0.39, 0.29) is 0 Å². The Bertz CT molecular complexity index is 1090. The van der Waals surface area contributed by atoms with Crippen LogP contribution in [-0.4, -0.2) is 4.98 Å². The Balaban J connectivity index is 1.80. The topological polar surface area (TPSA) is 12.9 Å². The lowest BCUT2D eigenvalue weighted by molar-refractivity contribution is 1.15. The third-order valence-electron chi connectivity index (χ3n) is 4.27. The molecule has 1 aromatic heterocycles. The molecule has 0 spiro atoms. The SMILES string of the molecule is [2H]C([2H])([2H])c1ccc(-c2cc3ccccc3cn2)cc1Cc1ccccc1. The standard InChI is InChI=1S/C23H19N/c1-17-11-12-20(14-22(17)13-18-7-3-2-4-8-18)23-15-19-9-5-6-10-21(19)16-24-23/h2-12,14-16H,13H2,1H3/i1D3. The molecule has 0 amide bonds. The zero-order valence-corrected chi connectivity index (χ0v) is 13.2. The van der Waals surface area contributed by atoms with Gasteiger partial charge < -0.3 is 0 Å². The van der Waals surface area contributed by atoms with Crippen molar-refractivity contribution < 1.29 is 4.11 Å². The normalized spacial score (nSPS) is 13.2. The Morgan fingerprint density at radius 3 is 2.46 bits per heavy atom. The van der Waals surface area contributed by atoms with Crippen LogP contribution in [0.1, 0.15) is 20.8 Å². The van der Waals surface area contributed by atoms with Gasteiger partial charge in [-0.3, -0.25) is 4.98 Å². The maximum atomic E-state index is 7.88. The van der Waals surface area contributed by atoms with E-state index < -0.39 is 6.85 Å². The van der Waals surface area contributed by atoms with Gasteiger partial charge in [0, 0.05) is 21.3 Å². The number of aromatic nitrogens is 1.